The number of β-amino-alcohol motifs (C(OH)–C–C–N with tert-alkyl or cyclic N) is 1. The Morgan fingerprint density at radius 1 is 1.16 bits per heavy atom. The number of nitrogens with zero attached hydrogens (tertiary/aromatic N) is 5. The third-order valence-corrected chi connectivity index (χ3v) is 4.58. The lowest BCUT2D eigenvalue weighted by Crippen LogP contribution is -2.49. The first-order valence-corrected chi connectivity index (χ1v) is 8.78. The number of benzene rings is 1. The first-order chi connectivity index (χ1) is 12.2. The Morgan fingerprint density at radius 3 is 2.60 bits per heavy atom. The van der Waals surface area contributed by atoms with Gasteiger partial charge in [0.1, 0.15) is 12.7 Å². The monoisotopic (exact) mass is 343 g/mol. The van der Waals surface area contributed by atoms with Crippen molar-refractivity contribution in [1.29, 1.82) is 0 Å². The molecule has 2 heterocycles. The summed E-state index contributed by atoms with van der Waals surface area (Å²) in [5, 5.41) is 14.4. The molecule has 1 aromatic heterocycles. The van der Waals surface area contributed by atoms with Crippen molar-refractivity contribution in [3.63, 3.8) is 0 Å². The van der Waals surface area contributed by atoms with Crippen LogP contribution in [0.2, 0.25) is 0 Å². The van der Waals surface area contributed by atoms with Gasteiger partial charge in [0.2, 0.25) is 5.91 Å². The van der Waals surface area contributed by atoms with Gasteiger partial charge in [0.05, 0.1) is 6.10 Å². The number of carbonyl (C=O) groups excluding carboxylic acids is 1. The van der Waals surface area contributed by atoms with Gasteiger partial charge in [-0.1, -0.05) is 30.3 Å². The van der Waals surface area contributed by atoms with Gasteiger partial charge in [-0.25, -0.2) is 4.98 Å². The van der Waals surface area contributed by atoms with E-state index in [9.17, 15) is 9.90 Å². The number of hydrogen-bond acceptors (Lipinski definition) is 5. The molecule has 1 aliphatic heterocycles. The Morgan fingerprint density at radius 2 is 1.92 bits per heavy atom. The molecular formula is C18H25N5O2. The molecule has 0 radical (unpaired) electrons. The van der Waals surface area contributed by atoms with E-state index < -0.39 is 6.10 Å². The van der Waals surface area contributed by atoms with Gasteiger partial charge >= 0.3 is 0 Å². The summed E-state index contributed by atoms with van der Waals surface area (Å²) in [6.45, 7) is 4.39. The van der Waals surface area contributed by atoms with Crippen molar-refractivity contribution < 1.29 is 9.90 Å². The van der Waals surface area contributed by atoms with Gasteiger partial charge < -0.3 is 10.0 Å². The van der Waals surface area contributed by atoms with Gasteiger partial charge in [-0.3, -0.25) is 14.4 Å². The van der Waals surface area contributed by atoms with Crippen molar-refractivity contribution >= 4 is 5.91 Å². The van der Waals surface area contributed by atoms with Crippen molar-refractivity contribution in [2.75, 3.05) is 32.7 Å². The lowest BCUT2D eigenvalue weighted by atomic mass is 10.1. The number of piperazine rings is 1. The Hall–Kier alpha value is -2.25. The molecule has 2 aromatic rings. The van der Waals surface area contributed by atoms with Crippen molar-refractivity contribution in [1.82, 2.24) is 24.6 Å². The molecule has 0 aliphatic carbocycles. The maximum Gasteiger partial charge on any atom is 0.222 e. The second-order valence-corrected chi connectivity index (χ2v) is 6.37. The van der Waals surface area contributed by atoms with Crippen LogP contribution in [0.3, 0.4) is 0 Å². The molecule has 1 fully saturated rings. The zero-order chi connectivity index (χ0) is 17.5. The number of aliphatic hydroxyl groups is 1. The minimum Gasteiger partial charge on any atom is -0.387 e. The van der Waals surface area contributed by atoms with E-state index in [1.165, 1.54) is 6.33 Å². The highest BCUT2D eigenvalue weighted by atomic mass is 16.3. The summed E-state index contributed by atoms with van der Waals surface area (Å²) in [5.41, 5.74) is 0.939. The summed E-state index contributed by atoms with van der Waals surface area (Å²) < 4.78 is 1.75. The minimum absolute atomic E-state index is 0.198. The van der Waals surface area contributed by atoms with Crippen molar-refractivity contribution in [2.24, 2.45) is 0 Å². The van der Waals surface area contributed by atoms with E-state index in [0.29, 0.717) is 13.0 Å². The molecule has 1 aliphatic rings. The molecule has 1 saturated heterocycles. The van der Waals surface area contributed by atoms with E-state index in [4.69, 9.17) is 0 Å². The SMILES string of the molecule is O=C(CCCn1cncn1)N1CCN(C[C@@H](O)c2ccccc2)CC1. The second-order valence-electron chi connectivity index (χ2n) is 6.37. The molecule has 0 bridgehead atoms. The van der Waals surface area contributed by atoms with Gasteiger partial charge in [0.15, 0.2) is 0 Å². The van der Waals surface area contributed by atoms with Crippen LogP contribution in [0.5, 0.6) is 0 Å². The maximum atomic E-state index is 12.3. The molecule has 0 spiro atoms. The molecule has 7 heteroatoms. The number of carbonyl (C=O) groups is 1. The molecule has 25 heavy (non-hydrogen) atoms. The standard InChI is InChI=1S/C18H25N5O2/c24-17(16-5-2-1-3-6-16)13-21-9-11-22(12-10-21)18(25)7-4-8-23-15-19-14-20-23/h1-3,5-6,14-15,17,24H,4,7-13H2/t17-/m1/s1. The summed E-state index contributed by atoms with van der Waals surface area (Å²) in [6.07, 6.45) is 4.00. The second kappa shape index (κ2) is 8.73. The van der Waals surface area contributed by atoms with E-state index >= 15 is 0 Å². The highest BCUT2D eigenvalue weighted by Gasteiger charge is 2.22. The average molecular weight is 343 g/mol. The summed E-state index contributed by atoms with van der Waals surface area (Å²) in [5.74, 6) is 0.198. The third kappa shape index (κ3) is 5.11. The smallest absolute Gasteiger partial charge is 0.222 e. The summed E-state index contributed by atoms with van der Waals surface area (Å²) in [7, 11) is 0. The van der Waals surface area contributed by atoms with Gasteiger partial charge in [0.25, 0.3) is 0 Å². The molecule has 0 saturated carbocycles. The molecular weight excluding hydrogens is 318 g/mol. The Bertz CT molecular complexity index is 639. The normalized spacial score (nSPS) is 16.8. The molecule has 134 valence electrons. The van der Waals surface area contributed by atoms with Crippen molar-refractivity contribution in [3.05, 3.63) is 48.5 Å². The summed E-state index contributed by atoms with van der Waals surface area (Å²) >= 11 is 0. The zero-order valence-corrected chi connectivity index (χ0v) is 14.4. The Kier molecular flexibility index (Phi) is 6.14. The minimum atomic E-state index is -0.480. The van der Waals surface area contributed by atoms with Crippen LogP contribution in [-0.4, -0.2) is 68.3 Å². The van der Waals surface area contributed by atoms with Gasteiger partial charge in [-0.05, 0) is 12.0 Å². The molecule has 0 unspecified atom stereocenters. The number of rotatable bonds is 7. The topological polar surface area (TPSA) is 74.5 Å². The highest BCUT2D eigenvalue weighted by molar-refractivity contribution is 5.76. The highest BCUT2D eigenvalue weighted by Crippen LogP contribution is 2.15. The van der Waals surface area contributed by atoms with E-state index in [0.717, 1.165) is 44.7 Å². The van der Waals surface area contributed by atoms with Crippen LogP contribution in [0, 0.1) is 0 Å². The number of amides is 1. The first-order valence-electron chi connectivity index (χ1n) is 8.78. The van der Waals surface area contributed by atoms with Crippen LogP contribution in [0.15, 0.2) is 43.0 Å². The molecule has 1 aromatic carbocycles. The van der Waals surface area contributed by atoms with E-state index in [-0.39, 0.29) is 5.91 Å². The predicted molar refractivity (Wildman–Crippen MR) is 93.7 cm³/mol. The summed E-state index contributed by atoms with van der Waals surface area (Å²) in [6, 6.07) is 9.71. The molecule has 1 N–H and O–H groups in total. The maximum absolute atomic E-state index is 12.3. The fraction of sp³-hybridized carbons (Fsp3) is 0.500. The molecule has 7 nitrogen and oxygen atoms in total. The fourth-order valence-corrected chi connectivity index (χ4v) is 3.10. The molecule has 3 rings (SSSR count). The predicted octanol–water partition coefficient (Wildman–Crippen LogP) is 0.936. The van der Waals surface area contributed by atoms with Crippen LogP contribution in [0.1, 0.15) is 24.5 Å². The van der Waals surface area contributed by atoms with Gasteiger partial charge in [-0.15, -0.1) is 0 Å². The third-order valence-electron chi connectivity index (χ3n) is 4.58. The Labute approximate surface area is 147 Å². The van der Waals surface area contributed by atoms with Crippen LogP contribution in [0.25, 0.3) is 0 Å². The largest absolute Gasteiger partial charge is 0.387 e. The number of aromatic nitrogens is 3. The van der Waals surface area contributed by atoms with Gasteiger partial charge in [0, 0.05) is 45.7 Å². The summed E-state index contributed by atoms with van der Waals surface area (Å²) in [4.78, 5) is 20.3. The van der Waals surface area contributed by atoms with E-state index in [2.05, 4.69) is 15.0 Å². The molecule has 1 amide bonds. The van der Waals surface area contributed by atoms with Crippen LogP contribution in [-0.2, 0) is 11.3 Å². The van der Waals surface area contributed by atoms with Crippen molar-refractivity contribution in [2.45, 2.75) is 25.5 Å². The molecule has 1 atom stereocenters. The van der Waals surface area contributed by atoms with Crippen LogP contribution < -0.4 is 0 Å². The van der Waals surface area contributed by atoms with Crippen molar-refractivity contribution in [3.8, 4) is 0 Å². The number of aryl methyl sites for hydroxylation is 1. The average Bonchev–Trinajstić information content (AvgIpc) is 3.16. The lowest BCUT2D eigenvalue weighted by Gasteiger charge is -2.35. The van der Waals surface area contributed by atoms with Crippen LogP contribution >= 0.6 is 0 Å². The zero-order valence-electron chi connectivity index (χ0n) is 14.4. The number of aliphatic hydroxyl groups excluding tert-OH is 1. The first kappa shape index (κ1) is 17.6. The van der Waals surface area contributed by atoms with Gasteiger partial charge in [-0.2, -0.15) is 5.10 Å². The number of hydrogen-bond donors (Lipinski definition) is 1. The Balaban J connectivity index is 1.37. The fourth-order valence-electron chi connectivity index (χ4n) is 3.10. The van der Waals surface area contributed by atoms with E-state index in [1.54, 1.807) is 11.0 Å². The van der Waals surface area contributed by atoms with E-state index in [1.807, 2.05) is 35.2 Å². The lowest BCUT2D eigenvalue weighted by molar-refractivity contribution is -0.133. The van der Waals surface area contributed by atoms with Crippen LogP contribution in [0.4, 0.5) is 0 Å². The quantitative estimate of drug-likeness (QED) is 0.810.